The van der Waals surface area contributed by atoms with Gasteiger partial charge in [0.25, 0.3) is 5.91 Å². The van der Waals surface area contributed by atoms with E-state index in [1.165, 1.54) is 32.1 Å². The Labute approximate surface area is 147 Å². The zero-order chi connectivity index (χ0) is 17.4. The van der Waals surface area contributed by atoms with Gasteiger partial charge in [0.1, 0.15) is 0 Å². The predicted molar refractivity (Wildman–Crippen MR) is 99.5 cm³/mol. The number of ether oxygens (including phenoxy) is 1. The predicted octanol–water partition coefficient (Wildman–Crippen LogP) is 3.91. The molecule has 0 atom stereocenters. The van der Waals surface area contributed by atoms with Gasteiger partial charge < -0.3 is 10.1 Å². The van der Waals surface area contributed by atoms with E-state index in [0.717, 1.165) is 43.9 Å². The molecule has 1 N–H and O–H groups in total. The van der Waals surface area contributed by atoms with Crippen molar-refractivity contribution in [3.05, 3.63) is 11.6 Å². The Balaban J connectivity index is 1.98. The Kier molecular flexibility index (Phi) is 7.97. The number of allylic oxidation sites excluding steroid dienone is 1. The van der Waals surface area contributed by atoms with Gasteiger partial charge in [-0.2, -0.15) is 0 Å². The maximum atomic E-state index is 12.7. The van der Waals surface area contributed by atoms with Crippen LogP contribution >= 0.6 is 0 Å². The number of aliphatic imine (C=N–C) groups is 1. The van der Waals surface area contributed by atoms with Crippen molar-refractivity contribution >= 4 is 11.6 Å². The van der Waals surface area contributed by atoms with Crippen molar-refractivity contribution in [2.24, 2.45) is 16.8 Å². The molecule has 1 saturated carbocycles. The number of nitrogens with zero attached hydrogens (tertiary/aromatic N) is 1. The van der Waals surface area contributed by atoms with Crippen molar-refractivity contribution in [3.8, 4) is 0 Å². The van der Waals surface area contributed by atoms with Crippen molar-refractivity contribution in [1.29, 1.82) is 0 Å². The third-order valence-corrected chi connectivity index (χ3v) is 5.00. The molecule has 24 heavy (non-hydrogen) atoms. The van der Waals surface area contributed by atoms with Crippen LogP contribution in [0.5, 0.6) is 0 Å². The molecule has 1 saturated heterocycles. The molecule has 136 valence electrons. The molecule has 4 heteroatoms. The van der Waals surface area contributed by atoms with E-state index in [9.17, 15) is 4.79 Å². The first-order valence-electron chi connectivity index (χ1n) is 9.68. The monoisotopic (exact) mass is 334 g/mol. The van der Waals surface area contributed by atoms with Crippen LogP contribution in [0.2, 0.25) is 0 Å². The summed E-state index contributed by atoms with van der Waals surface area (Å²) in [7, 11) is 0. The topological polar surface area (TPSA) is 50.7 Å². The second-order valence-electron chi connectivity index (χ2n) is 7.61. The van der Waals surface area contributed by atoms with E-state index in [4.69, 9.17) is 9.73 Å². The molecule has 0 radical (unpaired) electrons. The van der Waals surface area contributed by atoms with Crippen LogP contribution in [0.15, 0.2) is 16.6 Å². The van der Waals surface area contributed by atoms with Crippen LogP contribution in [0, 0.1) is 11.8 Å². The number of hydrogen-bond acceptors (Lipinski definition) is 3. The van der Waals surface area contributed by atoms with Crippen LogP contribution in [0.4, 0.5) is 0 Å². The van der Waals surface area contributed by atoms with Crippen LogP contribution in [0.1, 0.15) is 65.7 Å². The van der Waals surface area contributed by atoms with E-state index in [1.54, 1.807) is 0 Å². The largest absolute Gasteiger partial charge is 0.381 e. The lowest BCUT2D eigenvalue weighted by Crippen LogP contribution is -2.40. The van der Waals surface area contributed by atoms with Gasteiger partial charge in [0.2, 0.25) is 0 Å². The quantitative estimate of drug-likeness (QED) is 0.591. The van der Waals surface area contributed by atoms with Crippen LogP contribution < -0.4 is 5.32 Å². The minimum atomic E-state index is 0.0282. The highest BCUT2D eigenvalue weighted by Crippen LogP contribution is 2.24. The normalized spacial score (nSPS) is 22.0. The summed E-state index contributed by atoms with van der Waals surface area (Å²) in [5, 5.41) is 3.18. The highest BCUT2D eigenvalue weighted by atomic mass is 16.5. The number of nitrogens with one attached hydrogen (secondary N) is 1. The summed E-state index contributed by atoms with van der Waals surface area (Å²) in [5.74, 6) is 1.06. The minimum Gasteiger partial charge on any atom is -0.381 e. The van der Waals surface area contributed by atoms with Gasteiger partial charge in [-0.05, 0) is 44.4 Å². The van der Waals surface area contributed by atoms with Gasteiger partial charge in [-0.15, -0.1) is 0 Å². The molecule has 1 aliphatic carbocycles. The van der Waals surface area contributed by atoms with E-state index >= 15 is 0 Å². The molecule has 2 aliphatic rings. The lowest BCUT2D eigenvalue weighted by atomic mass is 9.89. The molecule has 4 nitrogen and oxygen atoms in total. The summed E-state index contributed by atoms with van der Waals surface area (Å²) in [4.78, 5) is 17.5. The molecular formula is C20H34N2O2. The third-order valence-electron chi connectivity index (χ3n) is 5.00. The van der Waals surface area contributed by atoms with Gasteiger partial charge >= 0.3 is 0 Å². The standard InChI is InChI=1S/C20H34N2O2/c1-15(2)13-19(20(23)22-18-9-11-24-12-10-18)16(3)21-14-17-7-5-4-6-8-17/h13,15,17-18H,4-12,14H2,1-3H3,(H,22,23)/b19-13+,21-16?. The summed E-state index contributed by atoms with van der Waals surface area (Å²) in [6.07, 6.45) is 10.5. The van der Waals surface area contributed by atoms with Crippen LogP contribution in [-0.4, -0.2) is 37.4 Å². The second-order valence-corrected chi connectivity index (χ2v) is 7.61. The van der Waals surface area contributed by atoms with Gasteiger partial charge in [-0.1, -0.05) is 39.2 Å². The summed E-state index contributed by atoms with van der Waals surface area (Å²) in [5.41, 5.74) is 1.64. The first-order chi connectivity index (χ1) is 11.6. The number of carbonyl (C=O) groups is 1. The Morgan fingerprint density at radius 1 is 1.17 bits per heavy atom. The van der Waals surface area contributed by atoms with Crippen LogP contribution in [0.3, 0.4) is 0 Å². The summed E-state index contributed by atoms with van der Waals surface area (Å²) >= 11 is 0. The molecule has 1 heterocycles. The average molecular weight is 335 g/mol. The lowest BCUT2D eigenvalue weighted by molar-refractivity contribution is -0.118. The zero-order valence-corrected chi connectivity index (χ0v) is 15.6. The minimum absolute atomic E-state index is 0.0282. The molecule has 0 unspecified atom stereocenters. The number of carbonyl (C=O) groups excluding carboxylic acids is 1. The number of rotatable bonds is 6. The first kappa shape index (κ1) is 19.2. The maximum absolute atomic E-state index is 12.7. The fourth-order valence-electron chi connectivity index (χ4n) is 3.52. The first-order valence-corrected chi connectivity index (χ1v) is 9.68. The average Bonchev–Trinajstić information content (AvgIpc) is 2.59. The summed E-state index contributed by atoms with van der Waals surface area (Å²) in [6, 6.07) is 0.230. The Morgan fingerprint density at radius 2 is 1.83 bits per heavy atom. The van der Waals surface area contributed by atoms with E-state index in [0.29, 0.717) is 11.8 Å². The Morgan fingerprint density at radius 3 is 2.46 bits per heavy atom. The maximum Gasteiger partial charge on any atom is 0.253 e. The Hall–Kier alpha value is -1.16. The van der Waals surface area contributed by atoms with E-state index in [2.05, 4.69) is 19.2 Å². The fraction of sp³-hybridized carbons (Fsp3) is 0.800. The Bertz CT molecular complexity index is 456. The molecule has 0 aromatic carbocycles. The van der Waals surface area contributed by atoms with Crippen molar-refractivity contribution < 1.29 is 9.53 Å². The molecule has 0 spiro atoms. The van der Waals surface area contributed by atoms with Gasteiger partial charge in [0, 0.05) is 31.5 Å². The van der Waals surface area contributed by atoms with E-state index in [-0.39, 0.29) is 11.9 Å². The molecule has 0 aromatic heterocycles. The highest BCUT2D eigenvalue weighted by Gasteiger charge is 2.20. The number of hydrogen-bond donors (Lipinski definition) is 1. The van der Waals surface area contributed by atoms with Gasteiger partial charge in [0.15, 0.2) is 0 Å². The third kappa shape index (κ3) is 6.39. The molecule has 0 aromatic rings. The molecule has 1 amide bonds. The van der Waals surface area contributed by atoms with E-state index < -0.39 is 0 Å². The molecule has 0 bridgehead atoms. The van der Waals surface area contributed by atoms with Crippen molar-refractivity contribution in [1.82, 2.24) is 5.32 Å². The summed E-state index contributed by atoms with van der Waals surface area (Å²) < 4.78 is 5.37. The van der Waals surface area contributed by atoms with Crippen molar-refractivity contribution in [2.45, 2.75) is 71.8 Å². The summed E-state index contributed by atoms with van der Waals surface area (Å²) in [6.45, 7) is 8.55. The zero-order valence-electron chi connectivity index (χ0n) is 15.6. The van der Waals surface area contributed by atoms with Gasteiger partial charge in [-0.25, -0.2) is 0 Å². The molecule has 2 rings (SSSR count). The van der Waals surface area contributed by atoms with Crippen molar-refractivity contribution in [2.75, 3.05) is 19.8 Å². The number of amides is 1. The van der Waals surface area contributed by atoms with Crippen LogP contribution in [-0.2, 0) is 9.53 Å². The highest BCUT2D eigenvalue weighted by molar-refractivity contribution is 6.20. The molecule has 2 fully saturated rings. The van der Waals surface area contributed by atoms with Gasteiger partial charge in [0.05, 0.1) is 5.57 Å². The molecular weight excluding hydrogens is 300 g/mol. The second kappa shape index (κ2) is 9.97. The lowest BCUT2D eigenvalue weighted by Gasteiger charge is -2.24. The van der Waals surface area contributed by atoms with E-state index in [1.807, 2.05) is 13.0 Å². The fourth-order valence-corrected chi connectivity index (χ4v) is 3.52. The SMILES string of the molecule is CC(=NCC1CCCCC1)/C(=C\C(C)C)C(=O)NC1CCOCC1. The smallest absolute Gasteiger partial charge is 0.253 e. The molecule has 1 aliphatic heterocycles. The van der Waals surface area contributed by atoms with Crippen molar-refractivity contribution in [3.63, 3.8) is 0 Å². The van der Waals surface area contributed by atoms with Gasteiger partial charge in [-0.3, -0.25) is 9.79 Å². The van der Waals surface area contributed by atoms with Crippen LogP contribution in [0.25, 0.3) is 0 Å².